The van der Waals surface area contributed by atoms with E-state index in [1.54, 1.807) is 32.1 Å². The minimum absolute atomic E-state index is 0.0789. The van der Waals surface area contributed by atoms with Gasteiger partial charge in [-0.3, -0.25) is 9.59 Å². The van der Waals surface area contributed by atoms with Crippen molar-refractivity contribution in [1.29, 1.82) is 0 Å². The molecule has 0 aromatic heterocycles. The van der Waals surface area contributed by atoms with Gasteiger partial charge in [-0.1, -0.05) is 32.1 Å². The summed E-state index contributed by atoms with van der Waals surface area (Å²) in [5.74, 6) is -2.06. The van der Waals surface area contributed by atoms with Crippen LogP contribution in [0.25, 0.3) is 0 Å². The van der Waals surface area contributed by atoms with E-state index in [1.165, 1.54) is 0 Å². The van der Waals surface area contributed by atoms with Gasteiger partial charge in [-0.05, 0) is 24.5 Å². The molecule has 0 aromatic carbocycles. The molecule has 2 aliphatic rings. The Morgan fingerprint density at radius 2 is 2.24 bits per heavy atom. The van der Waals surface area contributed by atoms with Gasteiger partial charge in [0, 0.05) is 12.5 Å². The second-order valence-electron chi connectivity index (χ2n) is 6.20. The Kier molecular flexibility index (Phi) is 4.61. The molecular formula is C16H23FN2O2. The van der Waals surface area contributed by atoms with Crippen LogP contribution < -0.4 is 11.1 Å². The molecule has 3 N–H and O–H groups in total. The molecule has 2 rings (SSSR count). The van der Waals surface area contributed by atoms with E-state index in [9.17, 15) is 14.0 Å². The smallest absolute Gasteiger partial charge is 0.225 e. The third-order valence-corrected chi connectivity index (χ3v) is 4.61. The lowest BCUT2D eigenvalue weighted by atomic mass is 9.60. The summed E-state index contributed by atoms with van der Waals surface area (Å²) in [5, 5.41) is 3.23. The number of nitrogens with one attached hydrogen (secondary N) is 1. The number of primary amides is 1. The third-order valence-electron chi connectivity index (χ3n) is 4.61. The minimum atomic E-state index is -1.43. The number of alkyl halides is 1. The van der Waals surface area contributed by atoms with Crippen molar-refractivity contribution in [1.82, 2.24) is 5.32 Å². The fourth-order valence-corrected chi connectivity index (χ4v) is 3.56. The predicted molar refractivity (Wildman–Crippen MR) is 79.1 cm³/mol. The average Bonchev–Trinajstić information content (AvgIpc) is 2.98. The number of amides is 1. The Bertz CT molecular complexity index is 493. The van der Waals surface area contributed by atoms with E-state index in [1.807, 2.05) is 0 Å². The first-order chi connectivity index (χ1) is 9.95. The number of carbonyl (C=O) groups excluding carboxylic acids is 2. The second-order valence-corrected chi connectivity index (χ2v) is 6.20. The van der Waals surface area contributed by atoms with Gasteiger partial charge in [0.2, 0.25) is 5.91 Å². The maximum Gasteiger partial charge on any atom is 0.225 e. The van der Waals surface area contributed by atoms with Crippen LogP contribution in [0.2, 0.25) is 0 Å². The topological polar surface area (TPSA) is 72.2 Å². The SMILES string of the molecule is CC(C)C(=O)C1(CF)C(C2CCNC2)=CC=CC1C(N)=O. The van der Waals surface area contributed by atoms with Crippen LogP contribution in [0, 0.1) is 23.2 Å². The Morgan fingerprint density at radius 3 is 2.71 bits per heavy atom. The Morgan fingerprint density at radius 1 is 1.52 bits per heavy atom. The number of rotatable bonds is 5. The van der Waals surface area contributed by atoms with Crippen LogP contribution in [0.4, 0.5) is 4.39 Å². The second kappa shape index (κ2) is 6.10. The fraction of sp³-hybridized carbons (Fsp3) is 0.625. The van der Waals surface area contributed by atoms with Crippen molar-refractivity contribution in [3.8, 4) is 0 Å². The van der Waals surface area contributed by atoms with Crippen molar-refractivity contribution in [3.05, 3.63) is 23.8 Å². The number of carbonyl (C=O) groups is 2. The Hall–Kier alpha value is -1.49. The van der Waals surface area contributed by atoms with Gasteiger partial charge in [0.1, 0.15) is 12.5 Å². The molecule has 1 aliphatic heterocycles. The first-order valence-electron chi connectivity index (χ1n) is 7.44. The molecule has 3 atom stereocenters. The molecule has 21 heavy (non-hydrogen) atoms. The lowest BCUT2D eigenvalue weighted by Crippen LogP contribution is -2.51. The van der Waals surface area contributed by atoms with Crippen molar-refractivity contribution in [3.63, 3.8) is 0 Å². The maximum atomic E-state index is 14.1. The van der Waals surface area contributed by atoms with Gasteiger partial charge in [0.25, 0.3) is 0 Å². The molecule has 1 amide bonds. The average molecular weight is 294 g/mol. The molecule has 116 valence electrons. The Balaban J connectivity index is 2.54. The van der Waals surface area contributed by atoms with Crippen molar-refractivity contribution in [2.24, 2.45) is 28.9 Å². The summed E-state index contributed by atoms with van der Waals surface area (Å²) >= 11 is 0. The first kappa shape index (κ1) is 15.9. The normalized spacial score (nSPS) is 32.3. The molecule has 1 aliphatic carbocycles. The van der Waals surface area contributed by atoms with Gasteiger partial charge < -0.3 is 11.1 Å². The summed E-state index contributed by atoms with van der Waals surface area (Å²) in [6, 6.07) is 0. The highest BCUT2D eigenvalue weighted by atomic mass is 19.1. The summed E-state index contributed by atoms with van der Waals surface area (Å²) < 4.78 is 14.1. The van der Waals surface area contributed by atoms with Crippen LogP contribution in [0.15, 0.2) is 23.8 Å². The van der Waals surface area contributed by atoms with E-state index in [0.717, 1.165) is 18.5 Å². The number of hydrogen-bond acceptors (Lipinski definition) is 3. The summed E-state index contributed by atoms with van der Waals surface area (Å²) in [4.78, 5) is 24.6. The quantitative estimate of drug-likeness (QED) is 0.804. The molecule has 0 saturated carbocycles. The van der Waals surface area contributed by atoms with E-state index in [4.69, 9.17) is 5.73 Å². The van der Waals surface area contributed by atoms with Gasteiger partial charge >= 0.3 is 0 Å². The zero-order chi connectivity index (χ0) is 15.6. The highest BCUT2D eigenvalue weighted by molar-refractivity contribution is 5.96. The van der Waals surface area contributed by atoms with Gasteiger partial charge in [-0.2, -0.15) is 0 Å². The third kappa shape index (κ3) is 2.55. The molecule has 4 nitrogen and oxygen atoms in total. The van der Waals surface area contributed by atoms with E-state index in [-0.39, 0.29) is 17.6 Å². The molecule has 0 bridgehead atoms. The number of ketones is 1. The molecule has 5 heteroatoms. The van der Waals surface area contributed by atoms with Crippen molar-refractivity contribution in [2.75, 3.05) is 19.8 Å². The molecule has 1 heterocycles. The summed E-state index contributed by atoms with van der Waals surface area (Å²) in [6.07, 6.45) is 5.94. The van der Waals surface area contributed by atoms with Crippen LogP contribution in [0.1, 0.15) is 20.3 Å². The lowest BCUT2D eigenvalue weighted by Gasteiger charge is -2.41. The van der Waals surface area contributed by atoms with E-state index in [0.29, 0.717) is 6.54 Å². The predicted octanol–water partition coefficient (Wildman–Crippen LogP) is 1.37. The molecule has 0 aromatic rings. The van der Waals surface area contributed by atoms with Gasteiger partial charge in [0.15, 0.2) is 0 Å². The number of hydrogen-bond donors (Lipinski definition) is 2. The van der Waals surface area contributed by atoms with Crippen LogP contribution in [0.5, 0.6) is 0 Å². The van der Waals surface area contributed by atoms with E-state index >= 15 is 0 Å². The zero-order valence-electron chi connectivity index (χ0n) is 12.6. The molecule has 1 fully saturated rings. The van der Waals surface area contributed by atoms with Gasteiger partial charge in [-0.25, -0.2) is 4.39 Å². The van der Waals surface area contributed by atoms with Gasteiger partial charge in [0.05, 0.1) is 11.3 Å². The lowest BCUT2D eigenvalue weighted by molar-refractivity contribution is -0.139. The highest BCUT2D eigenvalue weighted by Crippen LogP contribution is 2.47. The summed E-state index contributed by atoms with van der Waals surface area (Å²) in [5.41, 5.74) is 4.76. The molecule has 0 radical (unpaired) electrons. The molecular weight excluding hydrogens is 271 g/mol. The highest BCUT2D eigenvalue weighted by Gasteiger charge is 2.53. The fourth-order valence-electron chi connectivity index (χ4n) is 3.56. The molecule has 3 unspecified atom stereocenters. The molecule has 1 saturated heterocycles. The monoisotopic (exact) mass is 294 g/mol. The van der Waals surface area contributed by atoms with E-state index < -0.39 is 23.9 Å². The van der Waals surface area contributed by atoms with E-state index in [2.05, 4.69) is 5.32 Å². The summed E-state index contributed by atoms with van der Waals surface area (Å²) in [6.45, 7) is 4.13. The number of allylic oxidation sites excluding steroid dienone is 2. The Labute approximate surface area is 124 Å². The molecule has 0 spiro atoms. The van der Waals surface area contributed by atoms with Crippen LogP contribution in [-0.2, 0) is 9.59 Å². The number of halogens is 1. The van der Waals surface area contributed by atoms with Crippen LogP contribution in [-0.4, -0.2) is 31.5 Å². The van der Waals surface area contributed by atoms with Crippen LogP contribution in [0.3, 0.4) is 0 Å². The van der Waals surface area contributed by atoms with Crippen LogP contribution >= 0.6 is 0 Å². The minimum Gasteiger partial charge on any atom is -0.369 e. The number of nitrogens with two attached hydrogens (primary N) is 1. The summed E-state index contributed by atoms with van der Waals surface area (Å²) in [7, 11) is 0. The van der Waals surface area contributed by atoms with Crippen molar-refractivity contribution >= 4 is 11.7 Å². The zero-order valence-corrected chi connectivity index (χ0v) is 12.6. The number of Topliss-reactive ketones (excluding diaryl/α,β-unsaturated/α-hetero) is 1. The largest absolute Gasteiger partial charge is 0.369 e. The standard InChI is InChI=1S/C16H23FN2O2/c1-10(2)14(20)16(9-17)12(11-6-7-19-8-11)4-3-5-13(16)15(18)21/h3-5,10-11,13,19H,6-9H2,1-2H3,(H2,18,21). The van der Waals surface area contributed by atoms with Gasteiger partial charge in [-0.15, -0.1) is 0 Å². The maximum absolute atomic E-state index is 14.1. The van der Waals surface area contributed by atoms with Crippen molar-refractivity contribution in [2.45, 2.75) is 20.3 Å². The first-order valence-corrected chi connectivity index (χ1v) is 7.44. The van der Waals surface area contributed by atoms with Crippen molar-refractivity contribution < 1.29 is 14.0 Å².